The summed E-state index contributed by atoms with van der Waals surface area (Å²) in [5.41, 5.74) is -1.94. The fourth-order valence-corrected chi connectivity index (χ4v) is 4.27. The Labute approximate surface area is 219 Å². The van der Waals surface area contributed by atoms with Crippen LogP contribution in [0.3, 0.4) is 0 Å². The van der Waals surface area contributed by atoms with Crippen LogP contribution in [0.5, 0.6) is 5.75 Å². The van der Waals surface area contributed by atoms with Gasteiger partial charge in [0.05, 0.1) is 23.8 Å². The second-order valence-corrected chi connectivity index (χ2v) is 8.90. The van der Waals surface area contributed by atoms with Crippen molar-refractivity contribution in [1.29, 1.82) is 0 Å². The molecule has 0 atom stereocenters. The Morgan fingerprint density at radius 3 is 2.48 bits per heavy atom. The van der Waals surface area contributed by atoms with E-state index in [2.05, 4.69) is 19.6 Å². The summed E-state index contributed by atoms with van der Waals surface area (Å²) in [7, 11) is 1.36. The Kier molecular flexibility index (Phi) is 6.73. The summed E-state index contributed by atoms with van der Waals surface area (Å²) in [6.45, 7) is -0.459. The second kappa shape index (κ2) is 10.1. The molecule has 5 rings (SSSR count). The summed E-state index contributed by atoms with van der Waals surface area (Å²) >= 11 is 0. The third-order valence-electron chi connectivity index (χ3n) is 6.02. The molecule has 0 saturated carbocycles. The molecule has 208 valence electrons. The largest absolute Gasteiger partial charge is 0.441 e. The molecule has 0 saturated heterocycles. The van der Waals surface area contributed by atoms with Crippen molar-refractivity contribution in [3.63, 3.8) is 0 Å². The molecular formula is C25H17F6N5O4. The maximum absolute atomic E-state index is 14.2. The van der Waals surface area contributed by atoms with Gasteiger partial charge in [0.25, 0.3) is 5.56 Å². The van der Waals surface area contributed by atoms with E-state index in [9.17, 15) is 35.9 Å². The second-order valence-electron chi connectivity index (χ2n) is 8.90. The number of hydrogen-bond donors (Lipinski definition) is 1. The number of halogens is 6. The van der Waals surface area contributed by atoms with E-state index in [1.807, 2.05) is 0 Å². The van der Waals surface area contributed by atoms with Gasteiger partial charge in [0, 0.05) is 37.7 Å². The molecule has 0 spiro atoms. The summed E-state index contributed by atoms with van der Waals surface area (Å²) in [6, 6.07) is 4.79. The van der Waals surface area contributed by atoms with Crippen molar-refractivity contribution >= 4 is 10.9 Å². The molecule has 0 unspecified atom stereocenters. The highest BCUT2D eigenvalue weighted by Gasteiger charge is 2.40. The third-order valence-corrected chi connectivity index (χ3v) is 6.02. The van der Waals surface area contributed by atoms with Gasteiger partial charge in [-0.25, -0.2) is 18.0 Å². The first-order valence-corrected chi connectivity index (χ1v) is 11.5. The lowest BCUT2D eigenvalue weighted by Gasteiger charge is -2.30. The smallest absolute Gasteiger partial charge is 0.438 e. The van der Waals surface area contributed by atoms with Crippen LogP contribution in [0.4, 0.5) is 26.3 Å². The number of H-pyrrole nitrogens is 1. The van der Waals surface area contributed by atoms with Crippen molar-refractivity contribution in [2.45, 2.75) is 19.1 Å². The maximum atomic E-state index is 14.2. The lowest BCUT2D eigenvalue weighted by atomic mass is 10.0. The zero-order valence-electron chi connectivity index (χ0n) is 20.4. The predicted molar refractivity (Wildman–Crippen MR) is 127 cm³/mol. The fraction of sp³-hybridized carbons (Fsp3) is 0.200. The zero-order valence-corrected chi connectivity index (χ0v) is 20.4. The number of likely N-dealkylation sites (N-methyl/N-ethyl adjacent to an activating group) is 1. The predicted octanol–water partition coefficient (Wildman–Crippen LogP) is 3.81. The molecule has 0 fully saturated rings. The summed E-state index contributed by atoms with van der Waals surface area (Å²) in [5, 5.41) is 3.37. The molecule has 0 amide bonds. The van der Waals surface area contributed by atoms with Gasteiger partial charge in [-0.05, 0) is 29.8 Å². The first-order chi connectivity index (χ1) is 18.9. The van der Waals surface area contributed by atoms with Gasteiger partial charge < -0.3 is 14.2 Å². The summed E-state index contributed by atoms with van der Waals surface area (Å²) in [5.74, 6) is -4.85. The van der Waals surface area contributed by atoms with Crippen molar-refractivity contribution in [3.8, 4) is 5.75 Å². The molecule has 2 aromatic carbocycles. The summed E-state index contributed by atoms with van der Waals surface area (Å²) in [6.07, 6.45) is -3.02. The van der Waals surface area contributed by atoms with Crippen LogP contribution in [0.2, 0.25) is 0 Å². The quantitative estimate of drug-likeness (QED) is 0.355. The highest BCUT2D eigenvalue weighted by atomic mass is 19.4. The lowest BCUT2D eigenvalue weighted by Crippen LogP contribution is -2.33. The van der Waals surface area contributed by atoms with E-state index >= 15 is 0 Å². The van der Waals surface area contributed by atoms with E-state index in [1.165, 1.54) is 28.6 Å². The highest BCUT2D eigenvalue weighted by molar-refractivity contribution is 5.79. The molecule has 1 aliphatic heterocycles. The van der Waals surface area contributed by atoms with Crippen molar-refractivity contribution < 1.29 is 35.6 Å². The van der Waals surface area contributed by atoms with Gasteiger partial charge in [-0.1, -0.05) is 5.16 Å². The molecule has 0 radical (unpaired) electrons. The Morgan fingerprint density at radius 1 is 1.10 bits per heavy atom. The number of fused-ring (bicyclic) bond motifs is 1. The monoisotopic (exact) mass is 565 g/mol. The van der Waals surface area contributed by atoms with Crippen LogP contribution in [-0.4, -0.2) is 44.4 Å². The molecule has 1 aliphatic rings. The lowest BCUT2D eigenvalue weighted by molar-refractivity contribution is -0.0931. The molecule has 4 aromatic rings. The average Bonchev–Trinajstić information content (AvgIpc) is 3.28. The summed E-state index contributed by atoms with van der Waals surface area (Å²) < 4.78 is 94.9. The standard InChI is InChI=1S/C25H17F6N5O4/c1-35-9-12(5-21-33-24(38)40-34-21)4-17(25(29,30)31)23(35)39-14-2-3-20-15(8-14)22(37)32-11-36(20)10-16-18(27)6-13(26)7-19(16)28/h2-4,6-8,11H,5,9-10H2,1H3,(H,33,34,38). The number of allylic oxidation sites excluding steroid dienone is 2. The van der Waals surface area contributed by atoms with Crippen LogP contribution in [-0.2, 0) is 13.0 Å². The van der Waals surface area contributed by atoms with Crippen LogP contribution in [0.1, 0.15) is 11.4 Å². The van der Waals surface area contributed by atoms with E-state index in [1.54, 1.807) is 0 Å². The molecule has 40 heavy (non-hydrogen) atoms. The number of rotatable bonds is 6. The number of hydrogen-bond acceptors (Lipinski definition) is 7. The minimum atomic E-state index is -4.83. The Morgan fingerprint density at radius 2 is 1.82 bits per heavy atom. The number of nitrogens with one attached hydrogen (secondary N) is 1. The van der Waals surface area contributed by atoms with Crippen molar-refractivity contribution in [3.05, 3.63) is 110 Å². The molecule has 9 nitrogen and oxygen atoms in total. The maximum Gasteiger partial charge on any atom is 0.438 e. The number of aromatic nitrogens is 4. The van der Waals surface area contributed by atoms with E-state index in [0.717, 1.165) is 18.5 Å². The van der Waals surface area contributed by atoms with Crippen LogP contribution < -0.4 is 16.1 Å². The number of ether oxygens (including phenoxy) is 1. The molecule has 15 heteroatoms. The van der Waals surface area contributed by atoms with E-state index in [4.69, 9.17) is 4.74 Å². The van der Waals surface area contributed by atoms with E-state index < -0.39 is 58.5 Å². The van der Waals surface area contributed by atoms with Crippen molar-refractivity contribution in [2.75, 3.05) is 13.6 Å². The SMILES string of the molecule is CN1CC(Cc2noc(=O)[nH]2)=CC(C(F)(F)F)=C1Oc1ccc2c(c1)c(=O)ncn2Cc1c(F)cc(F)cc1F. The first-order valence-electron chi connectivity index (χ1n) is 11.5. The van der Waals surface area contributed by atoms with Crippen LogP contribution >= 0.6 is 0 Å². The van der Waals surface area contributed by atoms with Crippen LogP contribution in [0.25, 0.3) is 10.9 Å². The first kappa shape index (κ1) is 26.8. The van der Waals surface area contributed by atoms with Crippen molar-refractivity contribution in [1.82, 2.24) is 24.6 Å². The van der Waals surface area contributed by atoms with Crippen LogP contribution in [0, 0.1) is 17.5 Å². The van der Waals surface area contributed by atoms with E-state index in [-0.39, 0.29) is 41.0 Å². The van der Waals surface area contributed by atoms with E-state index in [0.29, 0.717) is 12.1 Å². The van der Waals surface area contributed by atoms with Crippen molar-refractivity contribution in [2.24, 2.45) is 0 Å². The average molecular weight is 565 g/mol. The third kappa shape index (κ3) is 5.34. The van der Waals surface area contributed by atoms with Gasteiger partial charge in [0.15, 0.2) is 5.82 Å². The Balaban J connectivity index is 1.51. The van der Waals surface area contributed by atoms with Gasteiger partial charge in [-0.2, -0.15) is 18.2 Å². The minimum absolute atomic E-state index is 0.0133. The summed E-state index contributed by atoms with van der Waals surface area (Å²) in [4.78, 5) is 30.8. The highest BCUT2D eigenvalue weighted by Crippen LogP contribution is 2.36. The van der Waals surface area contributed by atoms with Gasteiger partial charge in [-0.3, -0.25) is 14.3 Å². The Hall–Kier alpha value is -4.82. The van der Waals surface area contributed by atoms with Crippen LogP contribution in [0.15, 0.2) is 73.9 Å². The fourth-order valence-electron chi connectivity index (χ4n) is 4.27. The number of alkyl halides is 3. The van der Waals surface area contributed by atoms with Gasteiger partial charge in [0.2, 0.25) is 5.88 Å². The van der Waals surface area contributed by atoms with Gasteiger partial charge in [0.1, 0.15) is 28.8 Å². The number of nitrogens with zero attached hydrogens (tertiary/aromatic N) is 4. The molecule has 1 N–H and O–H groups in total. The normalized spacial score (nSPS) is 14.2. The molecular weight excluding hydrogens is 548 g/mol. The van der Waals surface area contributed by atoms with Gasteiger partial charge >= 0.3 is 11.9 Å². The number of aromatic amines is 1. The molecule has 0 aliphatic carbocycles. The molecule has 0 bridgehead atoms. The Bertz CT molecular complexity index is 1780. The topological polar surface area (TPSA) is 106 Å². The molecule has 3 heterocycles. The zero-order chi connectivity index (χ0) is 28.8. The molecule has 2 aromatic heterocycles. The number of benzene rings is 2. The minimum Gasteiger partial charge on any atom is -0.441 e. The van der Waals surface area contributed by atoms with Gasteiger partial charge in [-0.15, -0.1) is 0 Å².